The lowest BCUT2D eigenvalue weighted by molar-refractivity contribution is 0.101. The van der Waals surface area contributed by atoms with Crippen molar-refractivity contribution in [2.24, 2.45) is 0 Å². The molecule has 0 atom stereocenters. The molecule has 0 unspecified atom stereocenters. The molecule has 0 saturated carbocycles. The van der Waals surface area contributed by atoms with Gasteiger partial charge in [0.25, 0.3) is 5.91 Å². The number of Topliss-reactive ketones (excluding diaryl/α,β-unsaturated/α-hetero) is 1. The molecule has 0 spiro atoms. The maximum atomic E-state index is 11.9. The van der Waals surface area contributed by atoms with E-state index < -0.39 is 0 Å². The van der Waals surface area contributed by atoms with Crippen molar-refractivity contribution in [3.63, 3.8) is 0 Å². The first kappa shape index (κ1) is 12.8. The largest absolute Gasteiger partial charge is 0.321 e. The van der Waals surface area contributed by atoms with Crippen LogP contribution in [0.3, 0.4) is 0 Å². The highest BCUT2D eigenvalue weighted by Gasteiger charge is 2.11. The van der Waals surface area contributed by atoms with Crippen LogP contribution in [0.4, 0.5) is 5.69 Å². The van der Waals surface area contributed by atoms with Crippen LogP contribution in [0.5, 0.6) is 0 Å². The molecule has 1 aromatic heterocycles. The van der Waals surface area contributed by atoms with Gasteiger partial charge in [-0.25, -0.2) is 0 Å². The Kier molecular flexibility index (Phi) is 3.79. The fraction of sp³-hybridized carbons (Fsp3) is 0.0769. The highest BCUT2D eigenvalue weighted by molar-refractivity contribution is 7.16. The van der Waals surface area contributed by atoms with Crippen LogP contribution in [-0.4, -0.2) is 11.7 Å². The van der Waals surface area contributed by atoms with E-state index in [9.17, 15) is 9.59 Å². The quantitative estimate of drug-likeness (QED) is 0.867. The number of thiophene rings is 1. The van der Waals surface area contributed by atoms with Gasteiger partial charge in [0.1, 0.15) is 0 Å². The van der Waals surface area contributed by atoms with Crippen LogP contribution in [-0.2, 0) is 0 Å². The monoisotopic (exact) mass is 279 g/mol. The minimum atomic E-state index is -0.227. The molecule has 92 valence electrons. The average Bonchev–Trinajstić information content (AvgIpc) is 2.81. The van der Waals surface area contributed by atoms with Crippen LogP contribution in [0.2, 0.25) is 5.02 Å². The van der Waals surface area contributed by atoms with Crippen molar-refractivity contribution >= 4 is 40.3 Å². The Hall–Kier alpha value is -1.65. The highest BCUT2D eigenvalue weighted by Crippen LogP contribution is 2.19. The lowest BCUT2D eigenvalue weighted by Gasteiger charge is -2.02. The van der Waals surface area contributed by atoms with Gasteiger partial charge in [0.15, 0.2) is 5.78 Å². The Labute approximate surface area is 113 Å². The normalized spacial score (nSPS) is 10.1. The second-order valence-electron chi connectivity index (χ2n) is 3.68. The average molecular weight is 280 g/mol. The van der Waals surface area contributed by atoms with Crippen molar-refractivity contribution in [3.05, 3.63) is 51.2 Å². The molecule has 18 heavy (non-hydrogen) atoms. The van der Waals surface area contributed by atoms with E-state index >= 15 is 0 Å². The first-order valence-electron chi connectivity index (χ1n) is 5.24. The van der Waals surface area contributed by atoms with E-state index in [2.05, 4.69) is 5.32 Å². The molecule has 0 fully saturated rings. The third-order valence-electron chi connectivity index (χ3n) is 2.28. The van der Waals surface area contributed by atoms with Gasteiger partial charge < -0.3 is 5.32 Å². The molecular formula is C13H10ClNO2S. The zero-order valence-electron chi connectivity index (χ0n) is 9.57. The number of carbonyl (C=O) groups excluding carboxylic acids is 2. The van der Waals surface area contributed by atoms with Crippen LogP contribution in [0.25, 0.3) is 0 Å². The predicted molar refractivity (Wildman–Crippen MR) is 73.7 cm³/mol. The molecule has 0 aliphatic carbocycles. The number of nitrogens with one attached hydrogen (secondary N) is 1. The van der Waals surface area contributed by atoms with Gasteiger partial charge in [0.05, 0.1) is 9.75 Å². The van der Waals surface area contributed by atoms with Crippen LogP contribution in [0.15, 0.2) is 36.4 Å². The van der Waals surface area contributed by atoms with Gasteiger partial charge in [-0.1, -0.05) is 11.6 Å². The summed E-state index contributed by atoms with van der Waals surface area (Å²) in [6, 6.07) is 10.1. The summed E-state index contributed by atoms with van der Waals surface area (Å²) in [4.78, 5) is 24.1. The van der Waals surface area contributed by atoms with Gasteiger partial charge in [-0.05, 0) is 43.3 Å². The fourth-order valence-corrected chi connectivity index (χ4v) is 2.30. The molecule has 5 heteroatoms. The second kappa shape index (κ2) is 5.33. The van der Waals surface area contributed by atoms with Gasteiger partial charge in [-0.15, -0.1) is 11.3 Å². The van der Waals surface area contributed by atoms with Gasteiger partial charge in [0, 0.05) is 10.7 Å². The minimum absolute atomic E-state index is 0.0365. The molecule has 1 heterocycles. The molecule has 0 aliphatic rings. The Morgan fingerprint density at radius 3 is 2.22 bits per heavy atom. The molecule has 0 saturated heterocycles. The Morgan fingerprint density at radius 1 is 1.06 bits per heavy atom. The first-order chi connectivity index (χ1) is 8.56. The van der Waals surface area contributed by atoms with E-state index in [0.717, 1.165) is 0 Å². The molecule has 1 N–H and O–H groups in total. The highest BCUT2D eigenvalue weighted by atomic mass is 35.5. The van der Waals surface area contributed by atoms with Crippen LogP contribution in [0, 0.1) is 0 Å². The Morgan fingerprint density at radius 2 is 1.67 bits per heavy atom. The standard InChI is InChI=1S/C13H10ClNO2S/c1-8(16)11-6-7-12(18-11)13(17)15-10-4-2-9(14)3-5-10/h2-7H,1H3,(H,15,17). The molecule has 3 nitrogen and oxygen atoms in total. The van der Waals surface area contributed by atoms with Crippen molar-refractivity contribution in [2.75, 3.05) is 5.32 Å². The van der Waals surface area contributed by atoms with Gasteiger partial charge in [-0.2, -0.15) is 0 Å². The number of rotatable bonds is 3. The van der Waals surface area contributed by atoms with Crippen LogP contribution < -0.4 is 5.32 Å². The topological polar surface area (TPSA) is 46.2 Å². The summed E-state index contributed by atoms with van der Waals surface area (Å²) >= 11 is 6.94. The van der Waals surface area contributed by atoms with Crippen molar-refractivity contribution in [3.8, 4) is 0 Å². The summed E-state index contributed by atoms with van der Waals surface area (Å²) < 4.78 is 0. The number of hydrogen-bond acceptors (Lipinski definition) is 3. The Balaban J connectivity index is 2.11. The summed E-state index contributed by atoms with van der Waals surface area (Å²) in [5, 5.41) is 3.35. The molecule has 0 aliphatic heterocycles. The second-order valence-corrected chi connectivity index (χ2v) is 5.20. The van der Waals surface area contributed by atoms with Gasteiger partial charge >= 0.3 is 0 Å². The minimum Gasteiger partial charge on any atom is -0.321 e. The SMILES string of the molecule is CC(=O)c1ccc(C(=O)Nc2ccc(Cl)cc2)s1. The van der Waals surface area contributed by atoms with E-state index in [1.165, 1.54) is 18.3 Å². The maximum Gasteiger partial charge on any atom is 0.265 e. The molecule has 0 radical (unpaired) electrons. The van der Waals surface area contributed by atoms with Crippen molar-refractivity contribution < 1.29 is 9.59 Å². The summed E-state index contributed by atoms with van der Waals surface area (Å²) in [7, 11) is 0. The molecule has 0 bridgehead atoms. The Bertz CT molecular complexity index is 589. The van der Waals surface area contributed by atoms with Crippen molar-refractivity contribution in [2.45, 2.75) is 6.92 Å². The predicted octanol–water partition coefficient (Wildman–Crippen LogP) is 3.86. The van der Waals surface area contributed by atoms with E-state index in [0.29, 0.717) is 20.5 Å². The van der Waals surface area contributed by atoms with Gasteiger partial charge in [0.2, 0.25) is 0 Å². The summed E-state index contributed by atoms with van der Waals surface area (Å²) in [5.74, 6) is -0.264. The van der Waals surface area contributed by atoms with Crippen LogP contribution >= 0.6 is 22.9 Å². The third-order valence-corrected chi connectivity index (χ3v) is 3.72. The zero-order chi connectivity index (χ0) is 13.1. The summed E-state index contributed by atoms with van der Waals surface area (Å²) in [6.07, 6.45) is 0. The number of amides is 1. The van der Waals surface area contributed by atoms with Crippen molar-refractivity contribution in [1.29, 1.82) is 0 Å². The number of carbonyl (C=O) groups is 2. The molecule has 1 aromatic carbocycles. The lowest BCUT2D eigenvalue weighted by Crippen LogP contribution is -2.09. The molecule has 2 rings (SSSR count). The smallest absolute Gasteiger partial charge is 0.265 e. The number of halogens is 1. The fourth-order valence-electron chi connectivity index (χ4n) is 1.38. The zero-order valence-corrected chi connectivity index (χ0v) is 11.1. The molecule has 2 aromatic rings. The summed E-state index contributed by atoms with van der Waals surface area (Å²) in [6.45, 7) is 1.48. The number of benzene rings is 1. The van der Waals surface area contributed by atoms with Gasteiger partial charge in [-0.3, -0.25) is 9.59 Å². The number of anilines is 1. The first-order valence-corrected chi connectivity index (χ1v) is 6.43. The van der Waals surface area contributed by atoms with E-state index in [-0.39, 0.29) is 11.7 Å². The van der Waals surface area contributed by atoms with E-state index in [4.69, 9.17) is 11.6 Å². The van der Waals surface area contributed by atoms with E-state index in [1.807, 2.05) is 0 Å². The number of ketones is 1. The van der Waals surface area contributed by atoms with E-state index in [1.54, 1.807) is 36.4 Å². The lowest BCUT2D eigenvalue weighted by atomic mass is 10.3. The van der Waals surface area contributed by atoms with Crippen molar-refractivity contribution in [1.82, 2.24) is 0 Å². The summed E-state index contributed by atoms with van der Waals surface area (Å²) in [5.41, 5.74) is 0.669. The molecular weight excluding hydrogens is 270 g/mol. The number of hydrogen-bond donors (Lipinski definition) is 1. The third kappa shape index (κ3) is 2.97. The van der Waals surface area contributed by atoms with Crippen LogP contribution in [0.1, 0.15) is 26.3 Å². The molecule has 1 amide bonds. The maximum absolute atomic E-state index is 11.9.